The molecule has 0 bridgehead atoms. The van der Waals surface area contributed by atoms with Crippen LogP contribution in [-0.4, -0.2) is 9.97 Å². The second-order valence-corrected chi connectivity index (χ2v) is 11.8. The van der Waals surface area contributed by atoms with E-state index in [-0.39, 0.29) is 31.2 Å². The largest absolute Gasteiger partial charge is 0.305 e. The van der Waals surface area contributed by atoms with Gasteiger partial charge in [0.15, 0.2) is 0 Å². The fraction of sp³-hybridized carbons (Fsp3) is 0.0870. The average molecular weight is 815 g/mol. The third-order valence-electron chi connectivity index (χ3n) is 8.55. The minimum atomic E-state index is -2.18. The summed E-state index contributed by atoms with van der Waals surface area (Å²) >= 11 is 0. The molecule has 0 spiro atoms. The molecular weight excluding hydrogens is 773 g/mol. The second kappa shape index (κ2) is 14.9. The van der Waals surface area contributed by atoms with Crippen LogP contribution < -0.4 is 0 Å². The van der Waals surface area contributed by atoms with Crippen LogP contribution in [0.15, 0.2) is 146 Å². The van der Waals surface area contributed by atoms with Crippen LogP contribution in [0.25, 0.3) is 66.3 Å². The summed E-state index contributed by atoms with van der Waals surface area (Å²) in [5.41, 5.74) is 10.9. The number of hydrogen-bond donors (Lipinski definition) is 0. The Bertz CT molecular complexity index is 2500. The molecule has 0 saturated heterocycles. The molecule has 8 aromatic rings. The Balaban J connectivity index is 0.000000211. The summed E-state index contributed by atoms with van der Waals surface area (Å²) in [4.78, 5) is 8.73. The maximum atomic E-state index is 7.28. The van der Waals surface area contributed by atoms with Gasteiger partial charge in [-0.05, 0) is 87.5 Å². The SMILES string of the molecule is Cc1cccc(C)c1-c1ccnc(-c2[c-]cc(-c3cc4ccccc4c4ccccc34)cc2)c1.[2H]C([2H])([2H])c1c[c-]c(-c2ccc(C([2H])([2H])[2H])cn2)cc1.[Ir]. The topological polar surface area (TPSA) is 25.8 Å². The van der Waals surface area contributed by atoms with Gasteiger partial charge in [-0.25, -0.2) is 0 Å². The number of aromatic nitrogens is 2. The van der Waals surface area contributed by atoms with E-state index in [9.17, 15) is 0 Å². The van der Waals surface area contributed by atoms with Gasteiger partial charge in [-0.2, -0.15) is 0 Å². The van der Waals surface area contributed by atoms with Gasteiger partial charge in [0, 0.05) is 40.7 Å². The molecule has 3 heteroatoms. The van der Waals surface area contributed by atoms with E-state index in [1.54, 1.807) is 12.1 Å². The summed E-state index contributed by atoms with van der Waals surface area (Å²) < 4.78 is 43.6. The summed E-state index contributed by atoms with van der Waals surface area (Å²) in [6.45, 7) is -0.0115. The van der Waals surface area contributed by atoms with Gasteiger partial charge >= 0.3 is 0 Å². The first-order valence-electron chi connectivity index (χ1n) is 18.8. The van der Waals surface area contributed by atoms with E-state index in [0.29, 0.717) is 11.3 Å². The molecule has 0 unspecified atom stereocenters. The summed E-state index contributed by atoms with van der Waals surface area (Å²) in [5.74, 6) is 0. The van der Waals surface area contributed by atoms with Crippen molar-refractivity contribution in [1.29, 1.82) is 0 Å². The number of benzene rings is 6. The normalized spacial score (nSPS) is 13.0. The van der Waals surface area contributed by atoms with E-state index >= 15 is 0 Å². The molecule has 0 N–H and O–H groups in total. The molecule has 0 aliphatic heterocycles. The Morgan fingerprint density at radius 3 is 1.94 bits per heavy atom. The monoisotopic (exact) mass is 815 g/mol. The van der Waals surface area contributed by atoms with Gasteiger partial charge in [0.2, 0.25) is 0 Å². The smallest absolute Gasteiger partial charge is 0.0280 e. The van der Waals surface area contributed by atoms with Crippen LogP contribution in [0.4, 0.5) is 0 Å². The minimum Gasteiger partial charge on any atom is -0.305 e. The van der Waals surface area contributed by atoms with Crippen molar-refractivity contribution in [2.24, 2.45) is 0 Å². The first-order chi connectivity index (χ1) is 25.9. The van der Waals surface area contributed by atoms with Crippen LogP contribution in [-0.2, 0) is 20.1 Å². The summed E-state index contributed by atoms with van der Waals surface area (Å²) in [6, 6.07) is 50.6. The number of rotatable bonds is 4. The Hall–Kier alpha value is -5.21. The predicted octanol–water partition coefficient (Wildman–Crippen LogP) is 12.0. The zero-order valence-electron chi connectivity index (χ0n) is 33.1. The molecule has 0 saturated carbocycles. The number of aryl methyl sites for hydroxylation is 4. The fourth-order valence-electron chi connectivity index (χ4n) is 6.19. The Kier molecular flexibility index (Phi) is 8.13. The van der Waals surface area contributed by atoms with Gasteiger partial charge in [0.05, 0.1) is 0 Å². The molecule has 1 radical (unpaired) electrons. The van der Waals surface area contributed by atoms with E-state index in [1.165, 1.54) is 73.8 Å². The van der Waals surface area contributed by atoms with Gasteiger partial charge in [0.1, 0.15) is 0 Å². The van der Waals surface area contributed by atoms with Gasteiger partial charge in [-0.1, -0.05) is 109 Å². The standard InChI is InChI=1S/C33H24N.C13H12N.Ir/c1-22-8-7-9-23(2)33(22)27-18-19-34-32(21-27)25-16-14-24(15-17-25)31-20-26-10-3-4-11-28(26)29-12-5-6-13-30(29)31;1-10-3-6-12(7-4-10)13-8-5-11(2)9-14-13;/h3-16,18-21H,1-2H3;3-6,8-9H,1-2H3;/q2*-1;/i;1D3,2D3;. The first kappa shape index (κ1) is 26.7. The molecule has 0 aliphatic rings. The van der Waals surface area contributed by atoms with Gasteiger partial charge < -0.3 is 9.97 Å². The van der Waals surface area contributed by atoms with Crippen molar-refractivity contribution in [1.82, 2.24) is 9.97 Å². The van der Waals surface area contributed by atoms with Gasteiger partial charge in [-0.3, -0.25) is 0 Å². The van der Waals surface area contributed by atoms with Crippen LogP contribution in [0, 0.1) is 39.7 Å². The Labute approximate surface area is 311 Å². The van der Waals surface area contributed by atoms with Crippen LogP contribution in [0.2, 0.25) is 0 Å². The van der Waals surface area contributed by atoms with E-state index < -0.39 is 13.7 Å². The fourth-order valence-corrected chi connectivity index (χ4v) is 6.19. The van der Waals surface area contributed by atoms with Crippen LogP contribution >= 0.6 is 0 Å². The van der Waals surface area contributed by atoms with Crippen molar-refractivity contribution in [3.8, 4) is 44.8 Å². The molecule has 0 amide bonds. The van der Waals surface area contributed by atoms with Gasteiger partial charge in [0.25, 0.3) is 0 Å². The van der Waals surface area contributed by atoms with Crippen molar-refractivity contribution in [3.63, 3.8) is 0 Å². The number of pyridine rings is 2. The van der Waals surface area contributed by atoms with E-state index in [4.69, 9.17) is 8.22 Å². The van der Waals surface area contributed by atoms with E-state index in [1.807, 2.05) is 6.20 Å². The molecular formula is C46H36IrN2-2. The average Bonchev–Trinajstić information content (AvgIpc) is 3.17. The van der Waals surface area contributed by atoms with Crippen molar-refractivity contribution >= 4 is 21.5 Å². The molecule has 8 rings (SSSR count). The summed E-state index contributed by atoms with van der Waals surface area (Å²) in [6.07, 6.45) is 3.20. The number of hydrogen-bond acceptors (Lipinski definition) is 2. The molecule has 0 aliphatic carbocycles. The van der Waals surface area contributed by atoms with Crippen LogP contribution in [0.1, 0.15) is 30.5 Å². The van der Waals surface area contributed by atoms with Gasteiger partial charge in [-0.15, -0.1) is 65.2 Å². The molecule has 2 heterocycles. The van der Waals surface area contributed by atoms with E-state index in [2.05, 4.69) is 139 Å². The van der Waals surface area contributed by atoms with Crippen molar-refractivity contribution in [3.05, 3.63) is 180 Å². The molecule has 241 valence electrons. The maximum Gasteiger partial charge on any atom is 0.0280 e. The van der Waals surface area contributed by atoms with Crippen molar-refractivity contribution < 1.29 is 28.3 Å². The Morgan fingerprint density at radius 2 is 1.24 bits per heavy atom. The molecule has 49 heavy (non-hydrogen) atoms. The molecule has 0 atom stereocenters. The van der Waals surface area contributed by atoms with Crippen LogP contribution in [0.5, 0.6) is 0 Å². The van der Waals surface area contributed by atoms with Crippen molar-refractivity contribution in [2.75, 3.05) is 0 Å². The zero-order chi connectivity index (χ0) is 38.0. The number of nitrogens with zero attached hydrogens (tertiary/aromatic N) is 2. The van der Waals surface area contributed by atoms with E-state index in [0.717, 1.165) is 16.8 Å². The Morgan fingerprint density at radius 1 is 0.551 bits per heavy atom. The zero-order valence-corrected chi connectivity index (χ0v) is 29.5. The second-order valence-electron chi connectivity index (χ2n) is 11.8. The third-order valence-corrected chi connectivity index (χ3v) is 8.55. The van der Waals surface area contributed by atoms with Crippen LogP contribution in [0.3, 0.4) is 0 Å². The van der Waals surface area contributed by atoms with Crippen molar-refractivity contribution in [2.45, 2.75) is 27.6 Å². The predicted molar refractivity (Wildman–Crippen MR) is 202 cm³/mol. The summed E-state index contributed by atoms with van der Waals surface area (Å²) in [5, 5.41) is 5.08. The number of fused-ring (bicyclic) bond motifs is 3. The molecule has 2 nitrogen and oxygen atoms in total. The first-order valence-corrected chi connectivity index (χ1v) is 15.8. The molecule has 0 fully saturated rings. The molecule has 2 aromatic heterocycles. The quantitative estimate of drug-likeness (QED) is 0.131. The molecule has 6 aromatic carbocycles. The maximum absolute atomic E-state index is 7.28. The summed E-state index contributed by atoms with van der Waals surface area (Å²) in [7, 11) is 0. The third kappa shape index (κ3) is 7.29. The minimum absolute atomic E-state index is 0.